The molecule has 1 aliphatic rings. The molecule has 148 valence electrons. The van der Waals surface area contributed by atoms with Gasteiger partial charge in [-0.1, -0.05) is 18.2 Å². The van der Waals surface area contributed by atoms with Crippen molar-refractivity contribution in [1.29, 1.82) is 0 Å². The van der Waals surface area contributed by atoms with E-state index < -0.39 is 0 Å². The summed E-state index contributed by atoms with van der Waals surface area (Å²) in [6.45, 7) is 1.66. The van der Waals surface area contributed by atoms with E-state index in [4.69, 9.17) is 0 Å². The van der Waals surface area contributed by atoms with Gasteiger partial charge < -0.3 is 17.0 Å². The number of para-hydroxylation sites is 1. The number of hydrogen-bond donors (Lipinski definition) is 0. The number of pyridine rings is 1. The lowest BCUT2D eigenvalue weighted by Crippen LogP contribution is -3.00. The van der Waals surface area contributed by atoms with Gasteiger partial charge in [-0.2, -0.15) is 0 Å². The predicted molar refractivity (Wildman–Crippen MR) is 110 cm³/mol. The highest BCUT2D eigenvalue weighted by atomic mass is 35.5. The molecule has 0 amide bonds. The minimum Gasteiger partial charge on any atom is -1.00 e. The van der Waals surface area contributed by atoms with Gasteiger partial charge in [0.25, 0.3) is 0 Å². The van der Waals surface area contributed by atoms with Crippen molar-refractivity contribution < 1.29 is 21.4 Å². The third-order valence-electron chi connectivity index (χ3n) is 5.86. The zero-order valence-corrected chi connectivity index (χ0v) is 17.1. The second kappa shape index (κ2) is 8.38. The third-order valence-corrected chi connectivity index (χ3v) is 5.86. The van der Waals surface area contributed by atoms with E-state index in [0.29, 0.717) is 0 Å². The highest BCUT2D eigenvalue weighted by Crippen LogP contribution is 2.32. The number of aryl methyl sites for hydroxylation is 1. The summed E-state index contributed by atoms with van der Waals surface area (Å²) < 4.78 is 17.7. The zero-order valence-electron chi connectivity index (χ0n) is 16.3. The van der Waals surface area contributed by atoms with Crippen LogP contribution in [0.4, 0.5) is 4.39 Å². The number of halogens is 2. The highest BCUT2D eigenvalue weighted by molar-refractivity contribution is 5.86. The summed E-state index contributed by atoms with van der Waals surface area (Å²) in [5.41, 5.74) is 6.85. The maximum atomic E-state index is 13.1. The van der Waals surface area contributed by atoms with Crippen LogP contribution >= 0.6 is 0 Å². The normalized spacial score (nSPS) is 13.1. The lowest BCUT2D eigenvalue weighted by atomic mass is 9.95. The Kier molecular flexibility index (Phi) is 5.68. The molecular formula is C25H24ClFN2. The summed E-state index contributed by atoms with van der Waals surface area (Å²) in [5, 5.41) is 1.43. The molecule has 0 N–H and O–H groups in total. The Morgan fingerprint density at radius 2 is 1.55 bits per heavy atom. The molecule has 4 aromatic rings. The molecule has 0 radical (unpaired) electrons. The van der Waals surface area contributed by atoms with Gasteiger partial charge >= 0.3 is 0 Å². The van der Waals surface area contributed by atoms with Crippen LogP contribution in [0.1, 0.15) is 35.2 Å². The first-order valence-electron chi connectivity index (χ1n) is 10.1. The molecule has 0 spiro atoms. The molecule has 4 heteroatoms. The molecule has 5 rings (SSSR count). The van der Waals surface area contributed by atoms with Gasteiger partial charge in [-0.15, -0.1) is 0 Å². The molecule has 2 nitrogen and oxygen atoms in total. The van der Waals surface area contributed by atoms with E-state index in [1.807, 2.05) is 12.1 Å². The van der Waals surface area contributed by atoms with Crippen LogP contribution in [0.2, 0.25) is 0 Å². The van der Waals surface area contributed by atoms with Crippen LogP contribution in [0.5, 0.6) is 0 Å². The van der Waals surface area contributed by atoms with Crippen molar-refractivity contribution in [3.05, 3.63) is 101 Å². The molecule has 0 atom stereocenters. The van der Waals surface area contributed by atoms with Crippen LogP contribution in [0.3, 0.4) is 0 Å². The predicted octanol–water partition coefficient (Wildman–Crippen LogP) is 2.05. The fourth-order valence-electron chi connectivity index (χ4n) is 4.45. The van der Waals surface area contributed by atoms with Gasteiger partial charge in [0.15, 0.2) is 18.9 Å². The topological polar surface area (TPSA) is 8.81 Å². The summed E-state index contributed by atoms with van der Waals surface area (Å²) in [6, 6.07) is 20.0. The van der Waals surface area contributed by atoms with Crippen molar-refractivity contribution in [1.82, 2.24) is 4.57 Å². The summed E-state index contributed by atoms with van der Waals surface area (Å²) in [7, 11) is 0. The standard InChI is InChI=1S/C25H24FN2.ClH/c26-21-11-9-19(10-12-21)17-27-15-13-20(14-16-27)18-28-24-7-3-1-5-22(24)23-6-2-4-8-25(23)28;/h1,3,5,7,9-16H,2,4,6,8,17-18H2;1H/q+1;/p-1. The fourth-order valence-corrected chi connectivity index (χ4v) is 4.45. The second-order valence-corrected chi connectivity index (χ2v) is 7.74. The van der Waals surface area contributed by atoms with Gasteiger partial charge in [-0.05, 0) is 67.1 Å². The summed E-state index contributed by atoms with van der Waals surface area (Å²) >= 11 is 0. The molecule has 0 fully saturated rings. The lowest BCUT2D eigenvalue weighted by Gasteiger charge is -2.16. The van der Waals surface area contributed by atoms with E-state index in [1.165, 1.54) is 60.0 Å². The SMILES string of the molecule is Fc1ccc(C[n+]2ccc(Cn3c4c(c5ccccc53)CCCC4)cc2)cc1.[Cl-]. The summed E-state index contributed by atoms with van der Waals surface area (Å²) in [4.78, 5) is 0. The Bertz CT molecular complexity index is 1110. The Balaban J connectivity index is 0.00000205. The van der Waals surface area contributed by atoms with E-state index in [2.05, 4.69) is 57.9 Å². The maximum absolute atomic E-state index is 13.1. The number of benzene rings is 2. The molecule has 29 heavy (non-hydrogen) atoms. The van der Waals surface area contributed by atoms with Crippen molar-refractivity contribution in [2.24, 2.45) is 0 Å². The number of hydrogen-bond acceptors (Lipinski definition) is 0. The van der Waals surface area contributed by atoms with Gasteiger partial charge in [0, 0.05) is 40.8 Å². The lowest BCUT2D eigenvalue weighted by molar-refractivity contribution is -0.688. The maximum Gasteiger partial charge on any atom is 0.173 e. The van der Waals surface area contributed by atoms with Gasteiger partial charge in [0.1, 0.15) is 5.82 Å². The minimum atomic E-state index is -0.189. The Morgan fingerprint density at radius 3 is 2.34 bits per heavy atom. The van der Waals surface area contributed by atoms with Crippen molar-refractivity contribution >= 4 is 10.9 Å². The fraction of sp³-hybridized carbons (Fsp3) is 0.240. The average Bonchev–Trinajstić information content (AvgIpc) is 3.05. The molecule has 0 aliphatic heterocycles. The molecule has 0 saturated heterocycles. The Morgan fingerprint density at radius 1 is 0.828 bits per heavy atom. The quantitative estimate of drug-likeness (QED) is 0.459. The third kappa shape index (κ3) is 3.92. The van der Waals surface area contributed by atoms with Crippen LogP contribution in [0.15, 0.2) is 73.1 Å². The molecule has 0 unspecified atom stereocenters. The Labute approximate surface area is 177 Å². The Hall–Kier alpha value is -2.65. The molecular weight excluding hydrogens is 383 g/mol. The molecule has 0 bridgehead atoms. The minimum absolute atomic E-state index is 0. The number of nitrogens with zero attached hydrogens (tertiary/aromatic N) is 2. The van der Waals surface area contributed by atoms with Crippen LogP contribution in [-0.2, 0) is 25.9 Å². The van der Waals surface area contributed by atoms with Crippen molar-refractivity contribution in [2.45, 2.75) is 38.8 Å². The van der Waals surface area contributed by atoms with Gasteiger partial charge in [-0.3, -0.25) is 0 Å². The highest BCUT2D eigenvalue weighted by Gasteiger charge is 2.19. The van der Waals surface area contributed by atoms with Gasteiger partial charge in [0.2, 0.25) is 0 Å². The van der Waals surface area contributed by atoms with E-state index in [9.17, 15) is 4.39 Å². The smallest absolute Gasteiger partial charge is 0.173 e. The number of aromatic nitrogens is 2. The summed E-state index contributed by atoms with van der Waals surface area (Å²) in [5.74, 6) is -0.189. The first kappa shape index (κ1) is 19.7. The van der Waals surface area contributed by atoms with E-state index in [-0.39, 0.29) is 18.2 Å². The molecule has 2 heterocycles. The van der Waals surface area contributed by atoms with E-state index >= 15 is 0 Å². The van der Waals surface area contributed by atoms with Crippen molar-refractivity contribution in [3.8, 4) is 0 Å². The molecule has 0 saturated carbocycles. The van der Waals surface area contributed by atoms with Crippen LogP contribution in [0, 0.1) is 5.82 Å². The van der Waals surface area contributed by atoms with Gasteiger partial charge in [0.05, 0.1) is 0 Å². The number of rotatable bonds is 4. The summed E-state index contributed by atoms with van der Waals surface area (Å²) in [6.07, 6.45) is 9.22. The van der Waals surface area contributed by atoms with Crippen LogP contribution in [0.25, 0.3) is 10.9 Å². The average molecular weight is 407 g/mol. The molecule has 2 aromatic heterocycles. The van der Waals surface area contributed by atoms with E-state index in [1.54, 1.807) is 5.56 Å². The van der Waals surface area contributed by atoms with Crippen LogP contribution < -0.4 is 17.0 Å². The zero-order chi connectivity index (χ0) is 18.9. The van der Waals surface area contributed by atoms with E-state index in [0.717, 1.165) is 18.7 Å². The first-order valence-corrected chi connectivity index (χ1v) is 10.1. The largest absolute Gasteiger partial charge is 1.00 e. The first-order chi connectivity index (χ1) is 13.8. The van der Waals surface area contributed by atoms with Crippen molar-refractivity contribution in [3.63, 3.8) is 0 Å². The number of fused-ring (bicyclic) bond motifs is 3. The molecule has 2 aromatic carbocycles. The second-order valence-electron chi connectivity index (χ2n) is 7.74. The monoisotopic (exact) mass is 406 g/mol. The van der Waals surface area contributed by atoms with Gasteiger partial charge in [-0.25, -0.2) is 8.96 Å². The van der Waals surface area contributed by atoms with Crippen molar-refractivity contribution in [2.75, 3.05) is 0 Å². The molecule has 1 aliphatic carbocycles. The van der Waals surface area contributed by atoms with Crippen LogP contribution in [-0.4, -0.2) is 4.57 Å².